The number of halogens is 1. The van der Waals surface area contributed by atoms with E-state index in [9.17, 15) is 14.7 Å². The summed E-state index contributed by atoms with van der Waals surface area (Å²) < 4.78 is 11.0. The summed E-state index contributed by atoms with van der Waals surface area (Å²) in [7, 11) is 1.58. The van der Waals surface area contributed by atoms with Gasteiger partial charge in [-0.15, -0.1) is 0 Å². The maximum Gasteiger partial charge on any atom is 0.295 e. The van der Waals surface area contributed by atoms with Crippen molar-refractivity contribution in [2.24, 2.45) is 0 Å². The number of Topliss-reactive ketones (excluding diaryl/α,β-unsaturated/α-hetero) is 1. The summed E-state index contributed by atoms with van der Waals surface area (Å²) in [5.74, 6) is -0.439. The summed E-state index contributed by atoms with van der Waals surface area (Å²) in [5, 5.41) is 11.8. The van der Waals surface area contributed by atoms with E-state index < -0.39 is 17.7 Å². The number of ether oxygens (including phenoxy) is 2. The monoisotopic (exact) mass is 491 g/mol. The van der Waals surface area contributed by atoms with E-state index in [1.807, 2.05) is 26.0 Å². The van der Waals surface area contributed by atoms with E-state index in [4.69, 9.17) is 21.1 Å². The number of likely N-dealkylation sites (tertiary alicyclic amines) is 1. The lowest BCUT2D eigenvalue weighted by Crippen LogP contribution is -2.29. The summed E-state index contributed by atoms with van der Waals surface area (Å²) >= 11 is 6.09. The molecule has 3 aromatic carbocycles. The quantitative estimate of drug-likeness (QED) is 0.258. The fraction of sp³-hybridized carbons (Fsp3) is 0.214. The number of aliphatic hydroxyl groups excluding tert-OH is 1. The predicted octanol–water partition coefficient (Wildman–Crippen LogP) is 5.76. The molecular weight excluding hydrogens is 466 g/mol. The van der Waals surface area contributed by atoms with Crippen LogP contribution in [0.2, 0.25) is 5.02 Å². The van der Waals surface area contributed by atoms with Crippen LogP contribution in [-0.2, 0) is 16.1 Å². The first-order chi connectivity index (χ1) is 16.8. The molecule has 6 nitrogen and oxygen atoms in total. The van der Waals surface area contributed by atoms with Crippen LogP contribution in [0.5, 0.6) is 11.5 Å². The summed E-state index contributed by atoms with van der Waals surface area (Å²) in [4.78, 5) is 27.9. The number of carbonyl (C=O) groups excluding carboxylic acids is 2. The molecule has 1 atom stereocenters. The molecule has 0 bridgehead atoms. The van der Waals surface area contributed by atoms with Gasteiger partial charge in [0, 0.05) is 17.1 Å². The number of ketones is 1. The minimum atomic E-state index is -0.788. The van der Waals surface area contributed by atoms with Crippen molar-refractivity contribution in [2.45, 2.75) is 32.5 Å². The summed E-state index contributed by atoms with van der Waals surface area (Å²) in [6.45, 7) is 3.98. The molecule has 35 heavy (non-hydrogen) atoms. The number of hydrogen-bond donors (Lipinski definition) is 1. The zero-order valence-corrected chi connectivity index (χ0v) is 20.5. The third-order valence-corrected chi connectivity index (χ3v) is 5.97. The highest BCUT2D eigenvalue weighted by Crippen LogP contribution is 2.41. The molecule has 3 aromatic rings. The highest BCUT2D eigenvalue weighted by Gasteiger charge is 2.46. The molecule has 1 aliphatic rings. The molecule has 4 rings (SSSR count). The molecule has 0 aliphatic carbocycles. The Bertz CT molecular complexity index is 1270. The zero-order chi connectivity index (χ0) is 25.1. The summed E-state index contributed by atoms with van der Waals surface area (Å²) in [6, 6.07) is 20.2. The van der Waals surface area contributed by atoms with Gasteiger partial charge in [0.1, 0.15) is 17.3 Å². The second-order valence-electron chi connectivity index (χ2n) is 8.52. The predicted molar refractivity (Wildman–Crippen MR) is 134 cm³/mol. The van der Waals surface area contributed by atoms with Gasteiger partial charge in [0.25, 0.3) is 11.7 Å². The number of hydrogen-bond acceptors (Lipinski definition) is 5. The highest BCUT2D eigenvalue weighted by molar-refractivity contribution is 6.46. The van der Waals surface area contributed by atoms with Crippen molar-refractivity contribution in [3.63, 3.8) is 0 Å². The number of aliphatic hydroxyl groups is 1. The molecule has 1 amide bonds. The Morgan fingerprint density at radius 3 is 2.31 bits per heavy atom. The van der Waals surface area contributed by atoms with Gasteiger partial charge in [0.2, 0.25) is 0 Å². The van der Waals surface area contributed by atoms with Crippen molar-refractivity contribution in [1.29, 1.82) is 0 Å². The number of nitrogens with zero attached hydrogens (tertiary/aromatic N) is 1. The van der Waals surface area contributed by atoms with Gasteiger partial charge in [-0.1, -0.05) is 48.0 Å². The fourth-order valence-corrected chi connectivity index (χ4v) is 4.23. The van der Waals surface area contributed by atoms with Gasteiger partial charge in [-0.2, -0.15) is 0 Å². The maximum atomic E-state index is 13.2. The Morgan fingerprint density at radius 2 is 1.69 bits per heavy atom. The second-order valence-corrected chi connectivity index (χ2v) is 8.96. The first-order valence-corrected chi connectivity index (χ1v) is 11.6. The van der Waals surface area contributed by atoms with Crippen molar-refractivity contribution in [3.05, 3.63) is 100 Å². The molecule has 1 aliphatic heterocycles. The van der Waals surface area contributed by atoms with Gasteiger partial charge in [-0.3, -0.25) is 9.59 Å². The molecule has 0 radical (unpaired) electrons. The van der Waals surface area contributed by atoms with Crippen LogP contribution >= 0.6 is 11.6 Å². The van der Waals surface area contributed by atoms with Crippen LogP contribution in [-0.4, -0.2) is 34.9 Å². The van der Waals surface area contributed by atoms with Crippen LogP contribution in [0.3, 0.4) is 0 Å². The van der Waals surface area contributed by atoms with Crippen LogP contribution in [0.1, 0.15) is 36.6 Å². The SMILES string of the molecule is COc1ccc(CN2C(=O)C(=O)/C(=C(\O)c3cccc(OC(C)C)c3)C2c2ccc(Cl)cc2)cc1. The van der Waals surface area contributed by atoms with Crippen LogP contribution in [0.4, 0.5) is 0 Å². The van der Waals surface area contributed by atoms with Gasteiger partial charge >= 0.3 is 0 Å². The van der Waals surface area contributed by atoms with E-state index in [0.717, 1.165) is 5.56 Å². The molecular formula is C28H26ClNO5. The molecule has 1 N–H and O–H groups in total. The number of rotatable bonds is 7. The van der Waals surface area contributed by atoms with E-state index in [-0.39, 0.29) is 24.0 Å². The lowest BCUT2D eigenvalue weighted by molar-refractivity contribution is -0.140. The van der Waals surface area contributed by atoms with Gasteiger partial charge in [-0.25, -0.2) is 0 Å². The average molecular weight is 492 g/mol. The zero-order valence-electron chi connectivity index (χ0n) is 19.7. The summed E-state index contributed by atoms with van der Waals surface area (Å²) in [5.41, 5.74) is 1.90. The van der Waals surface area contributed by atoms with Gasteiger partial charge in [0.15, 0.2) is 0 Å². The molecule has 0 spiro atoms. The largest absolute Gasteiger partial charge is 0.507 e. The Kier molecular flexibility index (Phi) is 7.12. The number of methoxy groups -OCH3 is 1. The third kappa shape index (κ3) is 5.17. The van der Waals surface area contributed by atoms with Gasteiger partial charge < -0.3 is 19.5 Å². The Balaban J connectivity index is 1.81. The average Bonchev–Trinajstić information content (AvgIpc) is 3.09. The van der Waals surface area contributed by atoms with E-state index in [0.29, 0.717) is 27.6 Å². The molecule has 1 fully saturated rings. The van der Waals surface area contributed by atoms with Gasteiger partial charge in [0.05, 0.1) is 24.8 Å². The lowest BCUT2D eigenvalue weighted by Gasteiger charge is -2.25. The lowest BCUT2D eigenvalue weighted by atomic mass is 9.95. The first-order valence-electron chi connectivity index (χ1n) is 11.2. The maximum absolute atomic E-state index is 13.2. The van der Waals surface area contributed by atoms with E-state index in [1.165, 1.54) is 4.90 Å². The third-order valence-electron chi connectivity index (χ3n) is 5.72. The standard InChI is InChI=1S/C28H26ClNO5/c1-17(2)35-23-6-4-5-20(15-23)26(31)24-25(19-9-11-21(29)12-10-19)30(28(33)27(24)32)16-18-7-13-22(34-3)14-8-18/h4-15,17,25,31H,16H2,1-3H3/b26-24-. The molecule has 0 saturated carbocycles. The minimum absolute atomic E-state index is 0.0209. The molecule has 7 heteroatoms. The summed E-state index contributed by atoms with van der Waals surface area (Å²) in [6.07, 6.45) is -0.0588. The Morgan fingerprint density at radius 1 is 1.00 bits per heavy atom. The van der Waals surface area contributed by atoms with Crippen LogP contribution < -0.4 is 9.47 Å². The molecule has 1 unspecified atom stereocenters. The van der Waals surface area contributed by atoms with E-state index in [2.05, 4.69) is 0 Å². The number of benzene rings is 3. The highest BCUT2D eigenvalue weighted by atomic mass is 35.5. The van der Waals surface area contributed by atoms with Crippen molar-refractivity contribution in [1.82, 2.24) is 4.90 Å². The van der Waals surface area contributed by atoms with E-state index in [1.54, 1.807) is 67.8 Å². The fourth-order valence-electron chi connectivity index (χ4n) is 4.11. The Labute approximate surface area is 209 Å². The number of carbonyl (C=O) groups is 2. The van der Waals surface area contributed by atoms with Crippen molar-refractivity contribution >= 4 is 29.1 Å². The molecule has 180 valence electrons. The van der Waals surface area contributed by atoms with Crippen molar-refractivity contribution < 1.29 is 24.2 Å². The van der Waals surface area contributed by atoms with Crippen LogP contribution in [0.15, 0.2) is 78.4 Å². The van der Waals surface area contributed by atoms with Crippen molar-refractivity contribution in [3.8, 4) is 11.5 Å². The molecule has 1 heterocycles. The molecule has 0 aromatic heterocycles. The van der Waals surface area contributed by atoms with Crippen molar-refractivity contribution in [2.75, 3.05) is 7.11 Å². The van der Waals surface area contributed by atoms with Crippen LogP contribution in [0.25, 0.3) is 5.76 Å². The Hall–Kier alpha value is -3.77. The smallest absolute Gasteiger partial charge is 0.295 e. The normalized spacial score (nSPS) is 17.2. The topological polar surface area (TPSA) is 76.1 Å². The van der Waals surface area contributed by atoms with E-state index >= 15 is 0 Å². The van der Waals surface area contributed by atoms with Gasteiger partial charge in [-0.05, 0) is 61.4 Å². The minimum Gasteiger partial charge on any atom is -0.507 e. The first kappa shape index (κ1) is 24.4. The molecule has 1 saturated heterocycles. The number of amides is 1. The van der Waals surface area contributed by atoms with Crippen LogP contribution in [0, 0.1) is 0 Å². The second kappa shape index (κ2) is 10.2.